The monoisotopic (exact) mass is 691 g/mol. The number of nitrogens with zero attached hydrogens (tertiary/aromatic N) is 3. The summed E-state index contributed by atoms with van der Waals surface area (Å²) in [5.41, 5.74) is 11.4. The van der Waals surface area contributed by atoms with Gasteiger partial charge in [-0.25, -0.2) is 9.97 Å². The first-order chi connectivity index (χ1) is 26.8. The van der Waals surface area contributed by atoms with Gasteiger partial charge in [-0.1, -0.05) is 146 Å². The van der Waals surface area contributed by atoms with Gasteiger partial charge in [-0.15, -0.1) is 0 Å². The molecule has 254 valence electrons. The average Bonchev–Trinajstić information content (AvgIpc) is 3.74. The van der Waals surface area contributed by atoms with E-state index in [0.717, 1.165) is 40.2 Å². The van der Waals surface area contributed by atoms with Gasteiger partial charge in [-0.3, -0.25) is 4.57 Å². The molecular weight excluding hydrogens is 659 g/mol. The van der Waals surface area contributed by atoms with Crippen LogP contribution in [0, 0.1) is 5.92 Å². The minimum absolute atomic E-state index is 0.0202. The van der Waals surface area contributed by atoms with Crippen LogP contribution in [0.5, 0.6) is 5.75 Å². The van der Waals surface area contributed by atoms with Crippen LogP contribution in [0.4, 0.5) is 0 Å². The molecular formula is C50H33N3O. The van der Waals surface area contributed by atoms with E-state index in [1.807, 2.05) is 6.07 Å². The highest BCUT2D eigenvalue weighted by molar-refractivity contribution is 6.30. The lowest BCUT2D eigenvalue weighted by Gasteiger charge is -2.24. The predicted molar refractivity (Wildman–Crippen MR) is 221 cm³/mol. The molecule has 0 amide bonds. The molecule has 4 nitrogen and oxygen atoms in total. The van der Waals surface area contributed by atoms with Crippen LogP contribution in [0.3, 0.4) is 0 Å². The van der Waals surface area contributed by atoms with Crippen molar-refractivity contribution >= 4 is 54.5 Å². The van der Waals surface area contributed by atoms with Crippen molar-refractivity contribution in [3.8, 4) is 23.0 Å². The second-order valence-corrected chi connectivity index (χ2v) is 14.7. The number of fused-ring (bicyclic) bond motifs is 4. The molecule has 54 heavy (non-hydrogen) atoms. The van der Waals surface area contributed by atoms with Crippen molar-refractivity contribution in [3.63, 3.8) is 0 Å². The van der Waals surface area contributed by atoms with Crippen LogP contribution in [-0.2, 0) is 0 Å². The van der Waals surface area contributed by atoms with Crippen molar-refractivity contribution in [1.29, 1.82) is 0 Å². The Morgan fingerprint density at radius 3 is 2.26 bits per heavy atom. The van der Waals surface area contributed by atoms with E-state index in [-0.39, 0.29) is 17.9 Å². The second-order valence-electron chi connectivity index (χ2n) is 14.7. The topological polar surface area (TPSA) is 39.9 Å². The molecule has 3 heterocycles. The number of benzene rings is 6. The third kappa shape index (κ3) is 4.19. The second kappa shape index (κ2) is 11.4. The summed E-state index contributed by atoms with van der Waals surface area (Å²) in [7, 11) is 0. The fourth-order valence-electron chi connectivity index (χ4n) is 9.46. The van der Waals surface area contributed by atoms with Crippen molar-refractivity contribution in [2.75, 3.05) is 0 Å². The van der Waals surface area contributed by atoms with Crippen molar-refractivity contribution in [3.05, 3.63) is 192 Å². The summed E-state index contributed by atoms with van der Waals surface area (Å²) in [4.78, 5) is 10.8. The maximum Gasteiger partial charge on any atom is 0.235 e. The van der Waals surface area contributed by atoms with E-state index in [1.165, 1.54) is 60.2 Å². The van der Waals surface area contributed by atoms with E-state index in [9.17, 15) is 0 Å². The quantitative estimate of drug-likeness (QED) is 0.184. The summed E-state index contributed by atoms with van der Waals surface area (Å²) in [6.07, 6.45) is 18.4. The van der Waals surface area contributed by atoms with Gasteiger partial charge in [-0.2, -0.15) is 0 Å². The average molecular weight is 692 g/mol. The standard InChI is InChI=1S/C50H33N3O/c1-3-14-31(15-4-1)42-37-21-11-19-32-27-28-40-46(43(32)37)45-38(44(42)35-26-25-30-13-7-8-18-34(30)29-35)22-12-23-39(45)53(40)50-51-47(33-16-5-2-6-17-33)49-48(52-50)36-20-9-10-24-41(36)54-49/h1-14,16-29,31,36,41H,15H2. The minimum Gasteiger partial charge on any atom is -0.481 e. The molecule has 2 aromatic heterocycles. The molecule has 3 atom stereocenters. The number of hydrogen-bond acceptors (Lipinski definition) is 3. The van der Waals surface area contributed by atoms with Gasteiger partial charge in [0.15, 0.2) is 5.75 Å². The Bertz CT molecular complexity index is 3070. The first-order valence-electron chi connectivity index (χ1n) is 18.9. The van der Waals surface area contributed by atoms with Crippen molar-refractivity contribution in [2.45, 2.75) is 18.4 Å². The van der Waals surface area contributed by atoms with E-state index >= 15 is 0 Å². The molecule has 6 aromatic carbocycles. The Hall–Kier alpha value is -6.78. The number of hydrogen-bond donors (Lipinski definition) is 0. The van der Waals surface area contributed by atoms with E-state index in [0.29, 0.717) is 5.95 Å². The van der Waals surface area contributed by atoms with Gasteiger partial charge in [0.05, 0.1) is 22.6 Å². The summed E-state index contributed by atoms with van der Waals surface area (Å²) in [5, 5.41) is 7.48. The van der Waals surface area contributed by atoms with Gasteiger partial charge in [0, 0.05) is 22.3 Å². The van der Waals surface area contributed by atoms with E-state index in [4.69, 9.17) is 14.7 Å². The molecule has 0 spiro atoms. The molecule has 0 saturated carbocycles. The first-order valence-corrected chi connectivity index (χ1v) is 18.9. The highest BCUT2D eigenvalue weighted by Crippen LogP contribution is 2.52. The number of rotatable bonds is 4. The summed E-state index contributed by atoms with van der Waals surface area (Å²) < 4.78 is 8.92. The number of allylic oxidation sites excluding steroid dienone is 7. The Balaban J connectivity index is 1.21. The maximum atomic E-state index is 6.62. The van der Waals surface area contributed by atoms with Gasteiger partial charge >= 0.3 is 0 Å². The van der Waals surface area contributed by atoms with Crippen molar-refractivity contribution in [2.24, 2.45) is 5.92 Å². The SMILES string of the molecule is C1=CCC(C2=C(c3ccc4ccccc4c3)c3cccc4c3c3c5c2cccc5ccc3n4-c2nc(-c3ccccc3)c3c(n2)C2C=CC=CC2O3)C=C1. The Morgan fingerprint density at radius 2 is 1.35 bits per heavy atom. The number of aromatic nitrogens is 3. The Morgan fingerprint density at radius 1 is 0.574 bits per heavy atom. The van der Waals surface area contributed by atoms with E-state index in [2.05, 4.69) is 168 Å². The molecule has 0 fully saturated rings. The minimum atomic E-state index is -0.101. The lowest BCUT2D eigenvalue weighted by atomic mass is 9.79. The molecule has 4 heteroatoms. The highest BCUT2D eigenvalue weighted by atomic mass is 16.5. The van der Waals surface area contributed by atoms with E-state index < -0.39 is 0 Å². The van der Waals surface area contributed by atoms with Crippen LogP contribution in [0.1, 0.15) is 34.7 Å². The normalized spacial score (nSPS) is 19.4. The molecule has 0 N–H and O–H groups in total. The zero-order valence-corrected chi connectivity index (χ0v) is 29.4. The Labute approximate surface area is 312 Å². The maximum absolute atomic E-state index is 6.62. The lowest BCUT2D eigenvalue weighted by Crippen LogP contribution is -2.16. The number of ether oxygens (including phenoxy) is 1. The molecule has 4 aliphatic rings. The van der Waals surface area contributed by atoms with Crippen molar-refractivity contribution < 1.29 is 4.74 Å². The third-order valence-corrected chi connectivity index (χ3v) is 11.8. The van der Waals surface area contributed by atoms with Crippen LogP contribution >= 0.6 is 0 Å². The van der Waals surface area contributed by atoms with Gasteiger partial charge in [-0.05, 0) is 80.1 Å². The molecule has 8 aromatic rings. The van der Waals surface area contributed by atoms with Gasteiger partial charge in [0.2, 0.25) is 5.95 Å². The summed E-state index contributed by atoms with van der Waals surface area (Å²) in [5.74, 6) is 1.67. The Kier molecular flexibility index (Phi) is 6.26. The molecule has 1 aliphatic heterocycles. The molecule has 0 bridgehead atoms. The fourth-order valence-corrected chi connectivity index (χ4v) is 9.46. The lowest BCUT2D eigenvalue weighted by molar-refractivity contribution is 0.269. The van der Waals surface area contributed by atoms with Crippen LogP contribution in [0.2, 0.25) is 0 Å². The molecule has 3 unspecified atom stereocenters. The van der Waals surface area contributed by atoms with Crippen LogP contribution in [-0.4, -0.2) is 20.6 Å². The van der Waals surface area contributed by atoms with Crippen LogP contribution in [0.15, 0.2) is 170 Å². The van der Waals surface area contributed by atoms with Gasteiger partial charge in [0.25, 0.3) is 0 Å². The molecule has 12 rings (SSSR count). The van der Waals surface area contributed by atoms with Gasteiger partial charge < -0.3 is 4.74 Å². The van der Waals surface area contributed by atoms with Crippen LogP contribution in [0.25, 0.3) is 71.7 Å². The first kappa shape index (κ1) is 29.8. The zero-order chi connectivity index (χ0) is 35.3. The summed E-state index contributed by atoms with van der Waals surface area (Å²) in [6.45, 7) is 0. The third-order valence-electron chi connectivity index (χ3n) is 11.8. The van der Waals surface area contributed by atoms with E-state index in [1.54, 1.807) is 0 Å². The fraction of sp³-hybridized carbons (Fsp3) is 0.0800. The van der Waals surface area contributed by atoms with Gasteiger partial charge in [0.1, 0.15) is 11.8 Å². The summed E-state index contributed by atoms with van der Waals surface area (Å²) >= 11 is 0. The smallest absolute Gasteiger partial charge is 0.235 e. The zero-order valence-electron chi connectivity index (χ0n) is 29.4. The predicted octanol–water partition coefficient (Wildman–Crippen LogP) is 11.9. The van der Waals surface area contributed by atoms with Crippen molar-refractivity contribution in [1.82, 2.24) is 14.5 Å². The highest BCUT2D eigenvalue weighted by Gasteiger charge is 2.38. The molecule has 0 radical (unpaired) electrons. The van der Waals surface area contributed by atoms with Crippen LogP contribution < -0.4 is 4.74 Å². The summed E-state index contributed by atoms with van der Waals surface area (Å²) in [6, 6.07) is 44.3. The molecule has 3 aliphatic carbocycles. The largest absolute Gasteiger partial charge is 0.481 e. The molecule has 0 saturated heterocycles.